The summed E-state index contributed by atoms with van der Waals surface area (Å²) in [6.45, 7) is 2.18. The fraction of sp³-hybridized carbons (Fsp3) is 0.389. The highest BCUT2D eigenvalue weighted by Gasteiger charge is 2.20. The number of carbonyl (C=O) groups excluding carboxylic acids is 1. The van der Waals surface area contributed by atoms with Crippen LogP contribution in [0.2, 0.25) is 0 Å². The van der Waals surface area contributed by atoms with E-state index < -0.39 is 0 Å². The number of amides is 1. The van der Waals surface area contributed by atoms with Crippen LogP contribution in [0.15, 0.2) is 42.7 Å². The second-order valence-electron chi connectivity index (χ2n) is 5.91. The van der Waals surface area contributed by atoms with Crippen molar-refractivity contribution in [1.29, 1.82) is 0 Å². The zero-order chi connectivity index (χ0) is 16.6. The minimum absolute atomic E-state index is 0.0881. The van der Waals surface area contributed by atoms with E-state index in [2.05, 4.69) is 20.6 Å². The van der Waals surface area contributed by atoms with E-state index in [0.29, 0.717) is 24.7 Å². The van der Waals surface area contributed by atoms with Gasteiger partial charge >= 0.3 is 0 Å². The number of nitrogens with zero attached hydrogens (tertiary/aromatic N) is 2. The summed E-state index contributed by atoms with van der Waals surface area (Å²) in [4.78, 5) is 20.4. The van der Waals surface area contributed by atoms with Gasteiger partial charge in [-0.25, -0.2) is 9.97 Å². The van der Waals surface area contributed by atoms with E-state index in [9.17, 15) is 4.79 Å². The van der Waals surface area contributed by atoms with Crippen LogP contribution < -0.4 is 10.6 Å². The summed E-state index contributed by atoms with van der Waals surface area (Å²) in [6, 6.07) is 9.03. The summed E-state index contributed by atoms with van der Waals surface area (Å²) in [5.41, 5.74) is 1.39. The van der Waals surface area contributed by atoms with E-state index in [1.165, 1.54) is 12.8 Å². The van der Waals surface area contributed by atoms with Crippen LogP contribution in [0, 0.1) is 5.92 Å². The van der Waals surface area contributed by atoms with Gasteiger partial charge in [-0.2, -0.15) is 0 Å². The van der Waals surface area contributed by atoms with Crippen molar-refractivity contribution in [3.8, 4) is 0 Å². The third-order valence-electron chi connectivity index (χ3n) is 3.75. The number of nitrogens with one attached hydrogen (secondary N) is 2. The van der Waals surface area contributed by atoms with Crippen LogP contribution in [0.5, 0.6) is 0 Å². The van der Waals surface area contributed by atoms with E-state index in [4.69, 9.17) is 4.74 Å². The molecule has 0 radical (unpaired) electrons. The van der Waals surface area contributed by atoms with E-state index in [-0.39, 0.29) is 5.91 Å². The third-order valence-corrected chi connectivity index (χ3v) is 3.75. The molecule has 0 atom stereocenters. The maximum atomic E-state index is 12.2. The van der Waals surface area contributed by atoms with Crippen molar-refractivity contribution in [2.24, 2.45) is 5.92 Å². The van der Waals surface area contributed by atoms with Gasteiger partial charge < -0.3 is 15.4 Å². The van der Waals surface area contributed by atoms with Gasteiger partial charge in [-0.05, 0) is 49.4 Å². The number of carbonyl (C=O) groups is 1. The molecule has 1 aliphatic carbocycles. The summed E-state index contributed by atoms with van der Waals surface area (Å²) >= 11 is 0. The lowest BCUT2D eigenvalue weighted by Crippen LogP contribution is -2.25. The van der Waals surface area contributed by atoms with Crippen molar-refractivity contribution in [2.45, 2.75) is 19.3 Å². The Kier molecular flexibility index (Phi) is 5.74. The molecule has 1 fully saturated rings. The Labute approximate surface area is 141 Å². The molecule has 6 heteroatoms. The van der Waals surface area contributed by atoms with Gasteiger partial charge in [0.25, 0.3) is 5.91 Å². The average Bonchev–Trinajstić information content (AvgIpc) is 3.43. The monoisotopic (exact) mass is 326 g/mol. The van der Waals surface area contributed by atoms with Gasteiger partial charge in [0.15, 0.2) is 0 Å². The Morgan fingerprint density at radius 2 is 2.04 bits per heavy atom. The van der Waals surface area contributed by atoms with Gasteiger partial charge in [0.2, 0.25) is 5.95 Å². The molecule has 6 nitrogen and oxygen atoms in total. The average molecular weight is 326 g/mol. The van der Waals surface area contributed by atoms with Gasteiger partial charge in [-0.15, -0.1) is 0 Å². The van der Waals surface area contributed by atoms with Crippen LogP contribution in [0.4, 0.5) is 11.6 Å². The van der Waals surface area contributed by atoms with E-state index in [0.717, 1.165) is 24.6 Å². The van der Waals surface area contributed by atoms with Gasteiger partial charge in [0, 0.05) is 43.4 Å². The number of benzene rings is 1. The van der Waals surface area contributed by atoms with Crippen molar-refractivity contribution in [1.82, 2.24) is 15.3 Å². The summed E-state index contributed by atoms with van der Waals surface area (Å²) < 4.78 is 5.56. The zero-order valence-electron chi connectivity index (χ0n) is 13.6. The van der Waals surface area contributed by atoms with Crippen molar-refractivity contribution in [3.63, 3.8) is 0 Å². The summed E-state index contributed by atoms with van der Waals surface area (Å²) in [6.07, 6.45) is 6.76. The molecule has 1 aromatic heterocycles. The number of rotatable bonds is 9. The maximum Gasteiger partial charge on any atom is 0.251 e. The lowest BCUT2D eigenvalue weighted by Gasteiger charge is -2.08. The fourth-order valence-electron chi connectivity index (χ4n) is 2.24. The predicted molar refractivity (Wildman–Crippen MR) is 92.2 cm³/mol. The number of hydrogen-bond acceptors (Lipinski definition) is 5. The van der Waals surface area contributed by atoms with Gasteiger partial charge in [0.1, 0.15) is 0 Å². The topological polar surface area (TPSA) is 76.1 Å². The first kappa shape index (κ1) is 16.4. The molecule has 0 aliphatic heterocycles. The lowest BCUT2D eigenvalue weighted by atomic mass is 10.2. The molecular formula is C18H22N4O2. The van der Waals surface area contributed by atoms with Gasteiger partial charge in [-0.1, -0.05) is 6.07 Å². The smallest absolute Gasteiger partial charge is 0.251 e. The number of hydrogen-bond donors (Lipinski definition) is 2. The first-order chi connectivity index (χ1) is 11.8. The Morgan fingerprint density at radius 1 is 1.21 bits per heavy atom. The van der Waals surface area contributed by atoms with E-state index in [1.54, 1.807) is 30.6 Å². The second kappa shape index (κ2) is 8.40. The van der Waals surface area contributed by atoms with Gasteiger partial charge in [0.05, 0.1) is 0 Å². The quantitative estimate of drug-likeness (QED) is 0.693. The van der Waals surface area contributed by atoms with Crippen molar-refractivity contribution < 1.29 is 9.53 Å². The minimum atomic E-state index is -0.0881. The van der Waals surface area contributed by atoms with Crippen molar-refractivity contribution in [2.75, 3.05) is 25.1 Å². The highest BCUT2D eigenvalue weighted by molar-refractivity contribution is 5.95. The number of ether oxygens (including phenoxy) is 1. The first-order valence-corrected chi connectivity index (χ1v) is 8.31. The van der Waals surface area contributed by atoms with Crippen LogP contribution in [0.3, 0.4) is 0 Å². The Hall–Kier alpha value is -2.47. The first-order valence-electron chi connectivity index (χ1n) is 8.31. The lowest BCUT2D eigenvalue weighted by molar-refractivity contribution is 0.0937. The Morgan fingerprint density at radius 3 is 2.83 bits per heavy atom. The molecule has 2 aromatic rings. The molecule has 3 rings (SSSR count). The van der Waals surface area contributed by atoms with Gasteiger partial charge in [-0.3, -0.25) is 4.79 Å². The minimum Gasteiger partial charge on any atom is -0.381 e. The molecule has 1 aliphatic rings. The SMILES string of the molecule is O=C(NCCCOCC1CC1)c1cccc(Nc2ncccn2)c1. The molecule has 0 spiro atoms. The van der Waals surface area contributed by atoms with Crippen LogP contribution >= 0.6 is 0 Å². The molecular weight excluding hydrogens is 304 g/mol. The predicted octanol–water partition coefficient (Wildman–Crippen LogP) is 2.77. The Bertz CT molecular complexity index is 659. The summed E-state index contributed by atoms with van der Waals surface area (Å²) in [7, 11) is 0. The molecule has 1 heterocycles. The summed E-state index contributed by atoms with van der Waals surface area (Å²) in [5, 5.41) is 5.99. The molecule has 0 saturated heterocycles. The molecule has 0 bridgehead atoms. The largest absolute Gasteiger partial charge is 0.381 e. The molecule has 1 aromatic carbocycles. The van der Waals surface area contributed by atoms with Crippen molar-refractivity contribution in [3.05, 3.63) is 48.3 Å². The summed E-state index contributed by atoms with van der Waals surface area (Å²) in [5.74, 6) is 1.20. The molecule has 0 unspecified atom stereocenters. The number of aromatic nitrogens is 2. The van der Waals surface area contributed by atoms with E-state index >= 15 is 0 Å². The fourth-order valence-corrected chi connectivity index (χ4v) is 2.24. The third kappa shape index (κ3) is 5.31. The molecule has 126 valence electrons. The van der Waals surface area contributed by atoms with Crippen LogP contribution in [-0.4, -0.2) is 35.6 Å². The number of anilines is 2. The van der Waals surface area contributed by atoms with Crippen LogP contribution in [0.1, 0.15) is 29.6 Å². The van der Waals surface area contributed by atoms with Crippen LogP contribution in [-0.2, 0) is 4.74 Å². The molecule has 24 heavy (non-hydrogen) atoms. The van der Waals surface area contributed by atoms with E-state index in [1.807, 2.05) is 12.1 Å². The molecule has 2 N–H and O–H groups in total. The standard InChI is InChI=1S/C18H22N4O2/c23-17(19-10-3-11-24-13-14-6-7-14)15-4-1-5-16(12-15)22-18-20-8-2-9-21-18/h1-2,4-5,8-9,12,14H,3,6-7,10-11,13H2,(H,19,23)(H,20,21,22). The molecule has 1 amide bonds. The Balaban J connectivity index is 1.43. The highest BCUT2D eigenvalue weighted by atomic mass is 16.5. The normalized spacial score (nSPS) is 13.5. The second-order valence-corrected chi connectivity index (χ2v) is 5.91. The molecule has 1 saturated carbocycles. The van der Waals surface area contributed by atoms with Crippen molar-refractivity contribution >= 4 is 17.5 Å². The van der Waals surface area contributed by atoms with Crippen LogP contribution in [0.25, 0.3) is 0 Å². The highest BCUT2D eigenvalue weighted by Crippen LogP contribution is 2.28. The zero-order valence-corrected chi connectivity index (χ0v) is 13.6. The maximum absolute atomic E-state index is 12.2.